The van der Waals surface area contributed by atoms with Gasteiger partial charge < -0.3 is 9.64 Å². The van der Waals surface area contributed by atoms with Gasteiger partial charge in [-0.3, -0.25) is 9.69 Å². The highest BCUT2D eigenvalue weighted by Crippen LogP contribution is 2.47. The molecule has 1 fully saturated rings. The Labute approximate surface area is 213 Å². The summed E-state index contributed by atoms with van der Waals surface area (Å²) >= 11 is 0. The van der Waals surface area contributed by atoms with Crippen molar-refractivity contribution in [2.45, 2.75) is 44.6 Å². The maximum Gasteiger partial charge on any atom is 0.337 e. The average molecular weight is 483 g/mol. The second-order valence-electron chi connectivity index (χ2n) is 10.2. The van der Waals surface area contributed by atoms with Gasteiger partial charge in [-0.1, -0.05) is 60.2 Å². The predicted octanol–water partition coefficient (Wildman–Crippen LogP) is 5.29. The minimum atomic E-state index is -0.306. The van der Waals surface area contributed by atoms with Crippen LogP contribution < -0.4 is 4.90 Å². The summed E-state index contributed by atoms with van der Waals surface area (Å²) in [4.78, 5) is 29.6. The summed E-state index contributed by atoms with van der Waals surface area (Å²) in [6.07, 6.45) is 3.37. The SMILES string of the molecule is COC(=O)c1ccc(CN2CCC3(CC2)CN(C(=O)CCc2ccccc2)c2ccc(C)cc23)cc1. The second kappa shape index (κ2) is 10.3. The molecule has 0 bridgehead atoms. The number of aryl methyl sites for hydroxylation is 2. The first-order chi connectivity index (χ1) is 17.5. The summed E-state index contributed by atoms with van der Waals surface area (Å²) in [6, 6.07) is 24.5. The van der Waals surface area contributed by atoms with Crippen LogP contribution in [0.15, 0.2) is 72.8 Å². The van der Waals surface area contributed by atoms with Gasteiger partial charge >= 0.3 is 5.97 Å². The Kier molecular flexibility index (Phi) is 6.92. The molecule has 3 aromatic rings. The number of ether oxygens (including phenoxy) is 1. The Morgan fingerprint density at radius 3 is 2.33 bits per heavy atom. The summed E-state index contributed by atoms with van der Waals surface area (Å²) in [5, 5.41) is 0. The smallest absolute Gasteiger partial charge is 0.337 e. The Hall–Kier alpha value is -3.44. The van der Waals surface area contributed by atoms with Crippen molar-refractivity contribution in [1.82, 2.24) is 4.90 Å². The molecule has 186 valence electrons. The van der Waals surface area contributed by atoms with Gasteiger partial charge in [-0.2, -0.15) is 0 Å². The molecule has 1 saturated heterocycles. The number of benzene rings is 3. The van der Waals surface area contributed by atoms with Crippen LogP contribution in [0.2, 0.25) is 0 Å². The van der Waals surface area contributed by atoms with Crippen LogP contribution in [0.1, 0.15) is 51.9 Å². The predicted molar refractivity (Wildman–Crippen MR) is 142 cm³/mol. The molecule has 5 rings (SSSR count). The standard InChI is InChI=1S/C31H34N2O3/c1-23-8-14-28-27(20-23)31(22-33(28)29(34)15-11-24-6-4-3-5-7-24)16-18-32(19-17-31)21-25-9-12-26(13-10-25)30(35)36-2/h3-10,12-14,20H,11,15-19,21-22H2,1-2H3. The molecular formula is C31H34N2O3. The van der Waals surface area contributed by atoms with Crippen molar-refractivity contribution >= 4 is 17.6 Å². The maximum absolute atomic E-state index is 13.4. The van der Waals surface area contributed by atoms with Crippen LogP contribution in [0.4, 0.5) is 5.69 Å². The van der Waals surface area contributed by atoms with Gasteiger partial charge in [0.1, 0.15) is 0 Å². The number of carbonyl (C=O) groups excluding carboxylic acids is 2. The summed E-state index contributed by atoms with van der Waals surface area (Å²) in [5.74, 6) is -0.0894. The minimum Gasteiger partial charge on any atom is -0.465 e. The lowest BCUT2D eigenvalue weighted by molar-refractivity contribution is -0.118. The topological polar surface area (TPSA) is 49.9 Å². The normalized spacial score (nSPS) is 16.7. The quantitative estimate of drug-likeness (QED) is 0.448. The van der Waals surface area contributed by atoms with Gasteiger partial charge in [0.15, 0.2) is 0 Å². The maximum atomic E-state index is 13.4. The van der Waals surface area contributed by atoms with E-state index in [2.05, 4.69) is 47.1 Å². The lowest BCUT2D eigenvalue weighted by Gasteiger charge is -2.40. The van der Waals surface area contributed by atoms with Crippen molar-refractivity contribution in [1.29, 1.82) is 0 Å². The van der Waals surface area contributed by atoms with Crippen LogP contribution in [-0.4, -0.2) is 43.5 Å². The van der Waals surface area contributed by atoms with Crippen molar-refractivity contribution < 1.29 is 14.3 Å². The first kappa shape index (κ1) is 24.3. The molecule has 2 heterocycles. The molecule has 0 saturated carbocycles. The van der Waals surface area contributed by atoms with Gasteiger partial charge in [0, 0.05) is 30.6 Å². The third kappa shape index (κ3) is 4.93. The van der Waals surface area contributed by atoms with Gasteiger partial charge in [0.05, 0.1) is 12.7 Å². The highest BCUT2D eigenvalue weighted by atomic mass is 16.5. The van der Waals surface area contributed by atoms with Crippen LogP contribution in [-0.2, 0) is 27.9 Å². The number of amides is 1. The van der Waals surface area contributed by atoms with E-state index in [1.807, 2.05) is 42.5 Å². The zero-order chi connectivity index (χ0) is 25.1. The van der Waals surface area contributed by atoms with Gasteiger partial charge in [0.2, 0.25) is 5.91 Å². The van der Waals surface area contributed by atoms with Crippen molar-refractivity contribution in [3.05, 3.63) is 101 Å². The molecule has 3 aromatic carbocycles. The number of hydrogen-bond acceptors (Lipinski definition) is 4. The van der Waals surface area contributed by atoms with Crippen LogP contribution >= 0.6 is 0 Å². The lowest BCUT2D eigenvalue weighted by atomic mass is 9.74. The molecule has 1 spiro atoms. The van der Waals surface area contributed by atoms with Gasteiger partial charge in [-0.15, -0.1) is 0 Å². The fraction of sp³-hybridized carbons (Fsp3) is 0.355. The molecule has 0 unspecified atom stereocenters. The van der Waals surface area contributed by atoms with E-state index >= 15 is 0 Å². The van der Waals surface area contributed by atoms with E-state index in [0.29, 0.717) is 12.0 Å². The highest BCUT2D eigenvalue weighted by Gasteiger charge is 2.46. The molecule has 0 aromatic heterocycles. The van der Waals surface area contributed by atoms with E-state index < -0.39 is 0 Å². The van der Waals surface area contributed by atoms with Crippen LogP contribution in [0.25, 0.3) is 0 Å². The molecule has 0 atom stereocenters. The van der Waals surface area contributed by atoms with E-state index in [4.69, 9.17) is 4.74 Å². The zero-order valence-electron chi connectivity index (χ0n) is 21.2. The Morgan fingerprint density at radius 1 is 0.917 bits per heavy atom. The van der Waals surface area contributed by atoms with Crippen molar-refractivity contribution in [2.24, 2.45) is 0 Å². The molecular weight excluding hydrogens is 448 g/mol. The van der Waals surface area contributed by atoms with E-state index in [1.165, 1.54) is 29.4 Å². The molecule has 2 aliphatic rings. The largest absolute Gasteiger partial charge is 0.465 e. The van der Waals surface area contributed by atoms with Gasteiger partial charge in [0.25, 0.3) is 0 Å². The Balaban J connectivity index is 1.26. The number of likely N-dealkylation sites (tertiary alicyclic amines) is 1. The number of fused-ring (bicyclic) bond motifs is 2. The van der Waals surface area contributed by atoms with Crippen molar-refractivity contribution in [2.75, 3.05) is 31.6 Å². The van der Waals surface area contributed by atoms with Gasteiger partial charge in [-0.05, 0) is 74.2 Å². The number of piperidine rings is 1. The van der Waals surface area contributed by atoms with E-state index in [1.54, 1.807) is 0 Å². The number of esters is 1. The van der Waals surface area contributed by atoms with Gasteiger partial charge in [-0.25, -0.2) is 4.79 Å². The number of rotatable bonds is 6. The molecule has 0 radical (unpaired) electrons. The lowest BCUT2D eigenvalue weighted by Crippen LogP contribution is -2.45. The number of anilines is 1. The first-order valence-electron chi connectivity index (χ1n) is 12.8. The van der Waals surface area contributed by atoms with Crippen molar-refractivity contribution in [3.8, 4) is 0 Å². The number of carbonyl (C=O) groups is 2. The average Bonchev–Trinajstić information content (AvgIpc) is 3.22. The monoisotopic (exact) mass is 482 g/mol. The second-order valence-corrected chi connectivity index (χ2v) is 10.2. The molecule has 2 aliphatic heterocycles. The first-order valence-corrected chi connectivity index (χ1v) is 12.8. The highest BCUT2D eigenvalue weighted by molar-refractivity contribution is 5.96. The third-order valence-electron chi connectivity index (χ3n) is 7.84. The summed E-state index contributed by atoms with van der Waals surface area (Å²) < 4.78 is 4.80. The third-order valence-corrected chi connectivity index (χ3v) is 7.84. The summed E-state index contributed by atoms with van der Waals surface area (Å²) in [6.45, 7) is 5.75. The Morgan fingerprint density at radius 2 is 1.64 bits per heavy atom. The summed E-state index contributed by atoms with van der Waals surface area (Å²) in [7, 11) is 1.40. The molecule has 36 heavy (non-hydrogen) atoms. The number of hydrogen-bond donors (Lipinski definition) is 0. The molecule has 0 N–H and O–H groups in total. The number of nitrogens with zero attached hydrogens (tertiary/aromatic N) is 2. The minimum absolute atomic E-state index is 0.0228. The fourth-order valence-electron chi connectivity index (χ4n) is 5.73. The molecule has 5 nitrogen and oxygen atoms in total. The van der Waals surface area contributed by atoms with Crippen LogP contribution in [0, 0.1) is 6.92 Å². The van der Waals surface area contributed by atoms with Crippen molar-refractivity contribution in [3.63, 3.8) is 0 Å². The van der Waals surface area contributed by atoms with Crippen LogP contribution in [0.3, 0.4) is 0 Å². The molecule has 5 heteroatoms. The summed E-state index contributed by atoms with van der Waals surface area (Å²) in [5.41, 5.74) is 6.70. The van der Waals surface area contributed by atoms with Crippen LogP contribution in [0.5, 0.6) is 0 Å². The molecule has 0 aliphatic carbocycles. The van der Waals surface area contributed by atoms with E-state index in [9.17, 15) is 9.59 Å². The zero-order valence-corrected chi connectivity index (χ0v) is 21.2. The molecule has 1 amide bonds. The van der Waals surface area contributed by atoms with E-state index in [-0.39, 0.29) is 17.3 Å². The Bertz CT molecular complexity index is 1230. The number of methoxy groups -OCH3 is 1. The van der Waals surface area contributed by atoms with E-state index in [0.717, 1.165) is 51.1 Å². The fourth-order valence-corrected chi connectivity index (χ4v) is 5.73.